The average Bonchev–Trinajstić information content (AvgIpc) is 2.50. The van der Waals surface area contributed by atoms with Gasteiger partial charge in [0.2, 0.25) is 0 Å². The maximum Gasteiger partial charge on any atom is 0.131 e. The van der Waals surface area contributed by atoms with Crippen LogP contribution < -0.4 is 0 Å². The smallest absolute Gasteiger partial charge is 0.131 e. The lowest BCUT2D eigenvalue weighted by Gasteiger charge is -2.14. The first-order chi connectivity index (χ1) is 10.1. The molecule has 3 rings (SSSR count). The van der Waals surface area contributed by atoms with Crippen LogP contribution in [-0.2, 0) is 0 Å². The molecule has 3 aromatic rings. The molecule has 0 fully saturated rings. The van der Waals surface area contributed by atoms with E-state index in [4.69, 9.17) is 34.8 Å². The second kappa shape index (κ2) is 5.84. The van der Waals surface area contributed by atoms with Gasteiger partial charge < -0.3 is 0 Å². The largest absolute Gasteiger partial charge is 0.206 e. The third kappa shape index (κ3) is 2.74. The minimum atomic E-state index is -0.426. The molecule has 0 amide bonds. The predicted octanol–water partition coefficient (Wildman–Crippen LogP) is 6.61. The van der Waals surface area contributed by atoms with Gasteiger partial charge in [0, 0.05) is 5.39 Å². The molecule has 106 valence electrons. The van der Waals surface area contributed by atoms with Gasteiger partial charge in [0.05, 0.1) is 15.4 Å². The molecule has 0 bridgehead atoms. The second-order valence-corrected chi connectivity index (χ2v) is 5.97. The number of halogens is 4. The van der Waals surface area contributed by atoms with Crippen LogP contribution in [0.2, 0.25) is 10.0 Å². The van der Waals surface area contributed by atoms with Crippen molar-refractivity contribution in [3.63, 3.8) is 0 Å². The van der Waals surface area contributed by atoms with Gasteiger partial charge in [0.1, 0.15) is 5.82 Å². The molecule has 0 heterocycles. The standard InChI is InChI=1S/C17H10Cl3F/c18-14-7-5-10(9-15(14)19)17(20)13-6-8-16(21)12-4-2-1-3-11(12)13/h1-9,17H. The molecule has 0 N–H and O–H groups in total. The van der Waals surface area contributed by atoms with Crippen LogP contribution >= 0.6 is 34.8 Å². The molecule has 3 aromatic carbocycles. The van der Waals surface area contributed by atoms with Gasteiger partial charge in [-0.05, 0) is 34.7 Å². The lowest BCUT2D eigenvalue weighted by molar-refractivity contribution is 0.639. The van der Waals surface area contributed by atoms with E-state index in [1.807, 2.05) is 18.2 Å². The fourth-order valence-corrected chi connectivity index (χ4v) is 2.99. The Kier molecular flexibility index (Phi) is 4.08. The Labute approximate surface area is 137 Å². The van der Waals surface area contributed by atoms with E-state index < -0.39 is 5.38 Å². The van der Waals surface area contributed by atoms with Crippen LogP contribution in [0, 0.1) is 5.82 Å². The first kappa shape index (κ1) is 14.6. The lowest BCUT2D eigenvalue weighted by atomic mass is 9.97. The van der Waals surface area contributed by atoms with E-state index in [0.29, 0.717) is 15.4 Å². The van der Waals surface area contributed by atoms with Crippen molar-refractivity contribution < 1.29 is 4.39 Å². The van der Waals surface area contributed by atoms with Gasteiger partial charge in [-0.25, -0.2) is 4.39 Å². The number of rotatable bonds is 2. The van der Waals surface area contributed by atoms with Crippen molar-refractivity contribution in [3.05, 3.63) is 81.6 Å². The summed E-state index contributed by atoms with van der Waals surface area (Å²) in [5.74, 6) is -0.257. The molecule has 1 unspecified atom stereocenters. The van der Waals surface area contributed by atoms with Crippen LogP contribution in [0.3, 0.4) is 0 Å². The van der Waals surface area contributed by atoms with Crippen LogP contribution in [0.4, 0.5) is 4.39 Å². The SMILES string of the molecule is Fc1ccc(C(Cl)c2ccc(Cl)c(Cl)c2)c2ccccc12. The Hall–Kier alpha value is -1.28. The maximum absolute atomic E-state index is 13.9. The summed E-state index contributed by atoms with van der Waals surface area (Å²) >= 11 is 18.5. The van der Waals surface area contributed by atoms with E-state index in [2.05, 4.69) is 0 Å². The summed E-state index contributed by atoms with van der Waals surface area (Å²) < 4.78 is 13.9. The third-order valence-electron chi connectivity index (χ3n) is 3.41. The summed E-state index contributed by atoms with van der Waals surface area (Å²) in [5, 5.41) is 1.86. The number of hydrogen-bond acceptors (Lipinski definition) is 0. The molecule has 0 aromatic heterocycles. The molecule has 0 radical (unpaired) electrons. The first-order valence-electron chi connectivity index (χ1n) is 6.34. The van der Waals surface area contributed by atoms with Gasteiger partial charge >= 0.3 is 0 Å². The molecule has 0 nitrogen and oxygen atoms in total. The highest BCUT2D eigenvalue weighted by atomic mass is 35.5. The normalized spacial score (nSPS) is 12.6. The molecule has 0 spiro atoms. The summed E-state index contributed by atoms with van der Waals surface area (Å²) in [7, 11) is 0. The third-order valence-corrected chi connectivity index (χ3v) is 4.64. The van der Waals surface area contributed by atoms with E-state index in [1.54, 1.807) is 30.3 Å². The first-order valence-corrected chi connectivity index (χ1v) is 7.53. The Bertz CT molecular complexity index is 814. The second-order valence-electron chi connectivity index (χ2n) is 4.72. The van der Waals surface area contributed by atoms with Crippen LogP contribution in [-0.4, -0.2) is 0 Å². The number of hydrogen-bond donors (Lipinski definition) is 0. The zero-order chi connectivity index (χ0) is 15.0. The fraction of sp³-hybridized carbons (Fsp3) is 0.0588. The van der Waals surface area contributed by atoms with Gasteiger partial charge in [0.15, 0.2) is 0 Å². The Balaban J connectivity index is 2.15. The summed E-state index contributed by atoms with van der Waals surface area (Å²) in [6.45, 7) is 0. The van der Waals surface area contributed by atoms with E-state index >= 15 is 0 Å². The quantitative estimate of drug-likeness (QED) is 0.461. The topological polar surface area (TPSA) is 0 Å². The van der Waals surface area contributed by atoms with Gasteiger partial charge in [0.25, 0.3) is 0 Å². The minimum absolute atomic E-state index is 0.257. The number of benzene rings is 3. The summed E-state index contributed by atoms with van der Waals surface area (Å²) in [4.78, 5) is 0. The molecule has 1 atom stereocenters. The van der Waals surface area contributed by atoms with Crippen molar-refractivity contribution in [1.29, 1.82) is 0 Å². The van der Waals surface area contributed by atoms with E-state index in [1.165, 1.54) is 6.07 Å². The molecule has 21 heavy (non-hydrogen) atoms. The average molecular weight is 340 g/mol. The molecule has 0 aliphatic heterocycles. The fourth-order valence-electron chi connectivity index (χ4n) is 2.36. The summed E-state index contributed by atoms with van der Waals surface area (Å²) in [6.07, 6.45) is 0. The predicted molar refractivity (Wildman–Crippen MR) is 88.1 cm³/mol. The van der Waals surface area contributed by atoms with E-state index in [-0.39, 0.29) is 5.82 Å². The van der Waals surface area contributed by atoms with Crippen LogP contribution in [0.1, 0.15) is 16.5 Å². The lowest BCUT2D eigenvalue weighted by Crippen LogP contribution is -1.96. The number of fused-ring (bicyclic) bond motifs is 1. The van der Waals surface area contributed by atoms with Gasteiger partial charge in [-0.2, -0.15) is 0 Å². The maximum atomic E-state index is 13.9. The summed E-state index contributed by atoms with van der Waals surface area (Å²) in [5.41, 5.74) is 1.66. The molecule has 0 aliphatic carbocycles. The minimum Gasteiger partial charge on any atom is -0.206 e. The number of alkyl halides is 1. The monoisotopic (exact) mass is 338 g/mol. The van der Waals surface area contributed by atoms with Crippen LogP contribution in [0.15, 0.2) is 54.6 Å². The zero-order valence-corrected chi connectivity index (χ0v) is 13.1. The highest BCUT2D eigenvalue weighted by Gasteiger charge is 2.16. The van der Waals surface area contributed by atoms with Gasteiger partial charge in [-0.15, -0.1) is 11.6 Å². The van der Waals surface area contributed by atoms with Crippen molar-refractivity contribution in [1.82, 2.24) is 0 Å². The van der Waals surface area contributed by atoms with Crippen molar-refractivity contribution in [3.8, 4) is 0 Å². The van der Waals surface area contributed by atoms with E-state index in [9.17, 15) is 4.39 Å². The van der Waals surface area contributed by atoms with Gasteiger partial charge in [-0.3, -0.25) is 0 Å². The zero-order valence-electron chi connectivity index (χ0n) is 10.8. The van der Waals surface area contributed by atoms with Crippen molar-refractivity contribution in [2.75, 3.05) is 0 Å². The van der Waals surface area contributed by atoms with Crippen LogP contribution in [0.25, 0.3) is 10.8 Å². The molecular weight excluding hydrogens is 330 g/mol. The molecule has 0 saturated carbocycles. The van der Waals surface area contributed by atoms with Crippen molar-refractivity contribution >= 4 is 45.6 Å². The molecule has 0 saturated heterocycles. The Morgan fingerprint density at radius 3 is 2.24 bits per heavy atom. The van der Waals surface area contributed by atoms with Crippen LogP contribution in [0.5, 0.6) is 0 Å². The van der Waals surface area contributed by atoms with Crippen molar-refractivity contribution in [2.24, 2.45) is 0 Å². The summed E-state index contributed by atoms with van der Waals surface area (Å²) in [6, 6.07) is 15.7. The van der Waals surface area contributed by atoms with E-state index in [0.717, 1.165) is 16.5 Å². The highest BCUT2D eigenvalue weighted by molar-refractivity contribution is 6.42. The van der Waals surface area contributed by atoms with Gasteiger partial charge in [-0.1, -0.05) is 59.6 Å². The Morgan fingerprint density at radius 2 is 1.52 bits per heavy atom. The highest BCUT2D eigenvalue weighted by Crippen LogP contribution is 2.36. The molecule has 4 heteroatoms. The molecule has 0 aliphatic rings. The van der Waals surface area contributed by atoms with Crippen molar-refractivity contribution in [2.45, 2.75) is 5.38 Å². The Morgan fingerprint density at radius 1 is 0.810 bits per heavy atom. The molecular formula is C17H10Cl3F.